The van der Waals surface area contributed by atoms with Gasteiger partial charge in [0.05, 0.1) is 21.6 Å². The van der Waals surface area contributed by atoms with Gasteiger partial charge in [0.15, 0.2) is 0 Å². The molecular weight excluding hydrogens is 298 g/mol. The quantitative estimate of drug-likeness (QED) is 0.271. The standard InChI is InChI=1S/C12H15N3O7/c16-11(17)4-2-1-3-5-13-9-6-8(14(19)20)7-10(12(9)18)15(21)22/h6-7,13,18H,1-5H2,(H,16,17). The molecule has 1 aromatic rings. The molecule has 0 aliphatic heterocycles. The van der Waals surface area contributed by atoms with E-state index in [0.717, 1.165) is 6.07 Å². The van der Waals surface area contributed by atoms with Crippen LogP contribution in [-0.4, -0.2) is 32.6 Å². The minimum absolute atomic E-state index is 0.0491. The maximum absolute atomic E-state index is 10.8. The van der Waals surface area contributed by atoms with Gasteiger partial charge >= 0.3 is 11.7 Å². The molecule has 0 aromatic heterocycles. The first-order valence-corrected chi connectivity index (χ1v) is 6.44. The second-order valence-electron chi connectivity index (χ2n) is 4.51. The molecule has 0 saturated heterocycles. The zero-order valence-electron chi connectivity index (χ0n) is 11.5. The van der Waals surface area contributed by atoms with E-state index in [4.69, 9.17) is 5.11 Å². The molecular formula is C12H15N3O7. The van der Waals surface area contributed by atoms with Gasteiger partial charge in [0, 0.05) is 19.0 Å². The number of unbranched alkanes of at least 4 members (excludes halogenated alkanes) is 2. The Labute approximate surface area is 124 Å². The summed E-state index contributed by atoms with van der Waals surface area (Å²) < 4.78 is 0. The van der Waals surface area contributed by atoms with Crippen molar-refractivity contribution >= 4 is 23.0 Å². The number of carboxylic acids is 1. The Morgan fingerprint density at radius 3 is 2.36 bits per heavy atom. The number of phenolic OH excluding ortho intramolecular Hbond substituents is 1. The minimum Gasteiger partial charge on any atom is -0.501 e. The number of hydrogen-bond donors (Lipinski definition) is 3. The van der Waals surface area contributed by atoms with E-state index in [1.807, 2.05) is 0 Å². The van der Waals surface area contributed by atoms with E-state index >= 15 is 0 Å². The fourth-order valence-electron chi connectivity index (χ4n) is 1.78. The van der Waals surface area contributed by atoms with E-state index < -0.39 is 32.9 Å². The van der Waals surface area contributed by atoms with E-state index in [2.05, 4.69) is 5.32 Å². The molecule has 0 radical (unpaired) electrons. The lowest BCUT2D eigenvalue weighted by molar-refractivity contribution is -0.394. The van der Waals surface area contributed by atoms with Crippen LogP contribution in [0.5, 0.6) is 5.75 Å². The molecule has 1 aromatic carbocycles. The van der Waals surface area contributed by atoms with Crippen molar-refractivity contribution in [3.05, 3.63) is 32.4 Å². The van der Waals surface area contributed by atoms with Crippen LogP contribution in [0, 0.1) is 20.2 Å². The molecule has 3 N–H and O–H groups in total. The van der Waals surface area contributed by atoms with Gasteiger partial charge in [0.25, 0.3) is 5.69 Å². The number of benzene rings is 1. The molecule has 0 fully saturated rings. The fourth-order valence-corrected chi connectivity index (χ4v) is 1.78. The number of hydrogen-bond acceptors (Lipinski definition) is 7. The molecule has 0 atom stereocenters. The average molecular weight is 313 g/mol. The molecule has 10 heteroatoms. The topological polar surface area (TPSA) is 156 Å². The van der Waals surface area contributed by atoms with Crippen molar-refractivity contribution in [2.24, 2.45) is 0 Å². The van der Waals surface area contributed by atoms with Gasteiger partial charge < -0.3 is 15.5 Å². The van der Waals surface area contributed by atoms with Gasteiger partial charge in [-0.3, -0.25) is 25.0 Å². The smallest absolute Gasteiger partial charge is 0.319 e. The van der Waals surface area contributed by atoms with Crippen LogP contribution in [0.15, 0.2) is 12.1 Å². The highest BCUT2D eigenvalue weighted by molar-refractivity contribution is 5.70. The van der Waals surface area contributed by atoms with Crippen molar-refractivity contribution in [3.63, 3.8) is 0 Å². The molecule has 120 valence electrons. The van der Waals surface area contributed by atoms with E-state index in [1.165, 1.54) is 0 Å². The Morgan fingerprint density at radius 1 is 1.14 bits per heavy atom. The summed E-state index contributed by atoms with van der Waals surface area (Å²) in [5, 5.41) is 42.4. The van der Waals surface area contributed by atoms with Gasteiger partial charge in [0.2, 0.25) is 5.75 Å². The number of nitro benzene ring substituents is 2. The third kappa shape index (κ3) is 4.89. The van der Waals surface area contributed by atoms with Crippen molar-refractivity contribution in [3.8, 4) is 5.75 Å². The maximum Gasteiger partial charge on any atom is 0.319 e. The zero-order valence-corrected chi connectivity index (χ0v) is 11.5. The number of non-ortho nitro benzene ring substituents is 1. The zero-order chi connectivity index (χ0) is 16.7. The SMILES string of the molecule is O=C(O)CCCCCNc1cc([N+](=O)[O-])cc([N+](=O)[O-])c1O. The lowest BCUT2D eigenvalue weighted by Crippen LogP contribution is -2.04. The number of nitrogens with zero attached hydrogens (tertiary/aromatic N) is 2. The summed E-state index contributed by atoms with van der Waals surface area (Å²) in [6.07, 6.45) is 1.70. The molecule has 1 rings (SSSR count). The summed E-state index contributed by atoms with van der Waals surface area (Å²) >= 11 is 0. The highest BCUT2D eigenvalue weighted by atomic mass is 16.6. The third-order valence-electron chi connectivity index (χ3n) is 2.86. The van der Waals surface area contributed by atoms with Crippen LogP contribution < -0.4 is 5.32 Å². The van der Waals surface area contributed by atoms with Crippen molar-refractivity contribution in [2.45, 2.75) is 25.7 Å². The molecule has 0 saturated carbocycles. The Hall–Kier alpha value is -2.91. The Morgan fingerprint density at radius 2 is 1.82 bits per heavy atom. The van der Waals surface area contributed by atoms with Crippen LogP contribution >= 0.6 is 0 Å². The van der Waals surface area contributed by atoms with Gasteiger partial charge in [-0.05, 0) is 12.8 Å². The van der Waals surface area contributed by atoms with E-state index in [1.54, 1.807) is 0 Å². The van der Waals surface area contributed by atoms with Gasteiger partial charge in [-0.1, -0.05) is 6.42 Å². The van der Waals surface area contributed by atoms with Crippen LogP contribution in [0.25, 0.3) is 0 Å². The van der Waals surface area contributed by atoms with Crippen LogP contribution in [0.3, 0.4) is 0 Å². The Kier molecular flexibility index (Phi) is 6.05. The van der Waals surface area contributed by atoms with E-state index in [0.29, 0.717) is 31.9 Å². The molecule has 0 aliphatic carbocycles. The molecule has 0 unspecified atom stereocenters. The molecule has 0 spiro atoms. The maximum atomic E-state index is 10.8. The van der Waals surface area contributed by atoms with Gasteiger partial charge in [-0.15, -0.1) is 0 Å². The number of aliphatic carboxylic acids is 1. The number of anilines is 1. The van der Waals surface area contributed by atoms with Crippen LogP contribution in [0.1, 0.15) is 25.7 Å². The second kappa shape index (κ2) is 7.76. The van der Waals surface area contributed by atoms with Crippen molar-refractivity contribution in [1.82, 2.24) is 0 Å². The first-order valence-electron chi connectivity index (χ1n) is 6.44. The summed E-state index contributed by atoms with van der Waals surface area (Å²) in [6, 6.07) is 1.70. The van der Waals surface area contributed by atoms with Gasteiger partial charge in [-0.2, -0.15) is 0 Å². The number of nitro groups is 2. The largest absolute Gasteiger partial charge is 0.501 e. The molecule has 10 nitrogen and oxygen atoms in total. The summed E-state index contributed by atoms with van der Waals surface area (Å²) in [5.74, 6) is -1.55. The summed E-state index contributed by atoms with van der Waals surface area (Å²) in [4.78, 5) is 30.1. The van der Waals surface area contributed by atoms with Gasteiger partial charge in [-0.25, -0.2) is 0 Å². The number of carbonyl (C=O) groups is 1. The summed E-state index contributed by atoms with van der Waals surface area (Å²) in [7, 11) is 0. The molecule has 0 aliphatic rings. The second-order valence-corrected chi connectivity index (χ2v) is 4.51. The first kappa shape index (κ1) is 17.1. The molecule has 22 heavy (non-hydrogen) atoms. The highest BCUT2D eigenvalue weighted by Crippen LogP contribution is 2.37. The Bertz CT molecular complexity index is 588. The predicted octanol–water partition coefficient (Wildman–Crippen LogP) is 2.27. The number of nitrogens with one attached hydrogen (secondary N) is 1. The van der Waals surface area contributed by atoms with Crippen LogP contribution in [-0.2, 0) is 4.79 Å². The molecule has 0 heterocycles. The number of phenols is 1. The monoisotopic (exact) mass is 313 g/mol. The van der Waals surface area contributed by atoms with Crippen molar-refractivity contribution in [2.75, 3.05) is 11.9 Å². The lowest BCUT2D eigenvalue weighted by Gasteiger charge is -2.08. The predicted molar refractivity (Wildman–Crippen MR) is 76.0 cm³/mol. The van der Waals surface area contributed by atoms with Crippen LogP contribution in [0.2, 0.25) is 0 Å². The molecule has 0 amide bonds. The van der Waals surface area contributed by atoms with Gasteiger partial charge in [0.1, 0.15) is 0 Å². The van der Waals surface area contributed by atoms with E-state index in [9.17, 15) is 30.1 Å². The third-order valence-corrected chi connectivity index (χ3v) is 2.86. The summed E-state index contributed by atoms with van der Waals surface area (Å²) in [6.45, 7) is 0.297. The minimum atomic E-state index is -0.902. The number of rotatable bonds is 9. The Balaban J connectivity index is 2.71. The van der Waals surface area contributed by atoms with Crippen molar-refractivity contribution in [1.29, 1.82) is 0 Å². The fraction of sp³-hybridized carbons (Fsp3) is 0.417. The van der Waals surface area contributed by atoms with Crippen LogP contribution in [0.4, 0.5) is 17.1 Å². The normalized spacial score (nSPS) is 10.2. The highest BCUT2D eigenvalue weighted by Gasteiger charge is 2.23. The first-order chi connectivity index (χ1) is 10.3. The summed E-state index contributed by atoms with van der Waals surface area (Å²) in [5.41, 5.74) is -1.35. The lowest BCUT2D eigenvalue weighted by atomic mass is 10.2. The van der Waals surface area contributed by atoms with Crippen molar-refractivity contribution < 1.29 is 24.9 Å². The number of aromatic hydroxyl groups is 1. The molecule has 0 bridgehead atoms. The average Bonchev–Trinajstić information content (AvgIpc) is 2.43. The van der Waals surface area contributed by atoms with E-state index in [-0.39, 0.29) is 12.1 Å². The number of carboxylic acid groups (broad SMARTS) is 1.